The number of carbonyl (C=O) groups excluding carboxylic acids is 1. The highest BCUT2D eigenvalue weighted by atomic mass is 35.5. The highest BCUT2D eigenvalue weighted by Crippen LogP contribution is 2.05. The molecule has 0 spiro atoms. The number of hydrogen-bond donors (Lipinski definition) is 1. The molecule has 10 heavy (non-hydrogen) atoms. The van der Waals surface area contributed by atoms with Crippen molar-refractivity contribution in [2.75, 3.05) is 0 Å². The lowest BCUT2D eigenvalue weighted by atomic mass is 10.2. The molecule has 1 aromatic carbocycles. The number of halogens is 1. The average Bonchev–Trinajstić information content (AvgIpc) is 1.88. The van der Waals surface area contributed by atoms with Crippen LogP contribution in [-0.4, -0.2) is 5.24 Å². The lowest BCUT2D eigenvalue weighted by molar-refractivity contribution is -0.254. The van der Waals surface area contributed by atoms with Crippen molar-refractivity contribution in [2.24, 2.45) is 0 Å². The molecule has 0 atom stereocenters. The van der Waals surface area contributed by atoms with Crippen molar-refractivity contribution < 1.29 is 10.5 Å². The first-order valence-electron chi connectivity index (χ1n) is 2.82. The molecule has 1 rings (SSSR count). The second-order valence-corrected chi connectivity index (χ2v) is 2.31. The largest absolute Gasteiger partial charge is 0.325 e. The van der Waals surface area contributed by atoms with Crippen molar-refractivity contribution >= 4 is 22.5 Å². The first-order valence-corrected chi connectivity index (χ1v) is 3.20. The molecule has 0 saturated heterocycles. The van der Waals surface area contributed by atoms with Gasteiger partial charge < -0.3 is 5.73 Å². The van der Waals surface area contributed by atoms with Crippen LogP contribution in [0.25, 0.3) is 0 Å². The average molecular weight is 157 g/mol. The SMILES string of the molecule is [NH3+]c1ccc(C(=O)Cl)cc1. The molecule has 0 bridgehead atoms. The molecule has 1 aromatic rings. The minimum absolute atomic E-state index is 0.431. The minimum Gasteiger partial charge on any atom is -0.325 e. The third-order valence-electron chi connectivity index (χ3n) is 1.18. The van der Waals surface area contributed by atoms with Crippen LogP contribution in [-0.2, 0) is 0 Å². The summed E-state index contributed by atoms with van der Waals surface area (Å²) in [5.41, 5.74) is 5.05. The lowest BCUT2D eigenvalue weighted by Gasteiger charge is -1.90. The Balaban J connectivity index is 3.00. The molecule has 3 heteroatoms. The zero-order valence-electron chi connectivity index (χ0n) is 5.30. The van der Waals surface area contributed by atoms with E-state index in [2.05, 4.69) is 5.73 Å². The number of hydrogen-bond acceptors (Lipinski definition) is 1. The van der Waals surface area contributed by atoms with E-state index in [-0.39, 0.29) is 0 Å². The molecule has 2 nitrogen and oxygen atoms in total. The third kappa shape index (κ3) is 1.56. The second kappa shape index (κ2) is 2.82. The molecular weight excluding hydrogens is 150 g/mol. The van der Waals surface area contributed by atoms with Gasteiger partial charge in [-0.2, -0.15) is 0 Å². The molecule has 52 valence electrons. The van der Waals surface area contributed by atoms with Crippen molar-refractivity contribution in [1.82, 2.24) is 0 Å². The third-order valence-corrected chi connectivity index (χ3v) is 1.40. The Kier molecular flexibility index (Phi) is 2.04. The Morgan fingerprint density at radius 3 is 2.20 bits per heavy atom. The Hall–Kier alpha value is -0.860. The number of benzene rings is 1. The highest BCUT2D eigenvalue weighted by molar-refractivity contribution is 6.67. The minimum atomic E-state index is -0.431. The topological polar surface area (TPSA) is 44.7 Å². The fourth-order valence-electron chi connectivity index (χ4n) is 0.636. The van der Waals surface area contributed by atoms with Crippen molar-refractivity contribution in [3.63, 3.8) is 0 Å². The van der Waals surface area contributed by atoms with Gasteiger partial charge >= 0.3 is 0 Å². The van der Waals surface area contributed by atoms with Gasteiger partial charge in [0.05, 0.1) is 0 Å². The lowest BCUT2D eigenvalue weighted by Crippen LogP contribution is -2.39. The summed E-state index contributed by atoms with van der Waals surface area (Å²) in [5, 5.41) is -0.431. The van der Waals surface area contributed by atoms with Crippen LogP contribution < -0.4 is 5.73 Å². The van der Waals surface area contributed by atoms with E-state index in [0.29, 0.717) is 5.56 Å². The molecule has 0 aliphatic heterocycles. The van der Waals surface area contributed by atoms with Crippen LogP contribution in [0.2, 0.25) is 0 Å². The predicted molar refractivity (Wildman–Crippen MR) is 39.2 cm³/mol. The summed E-state index contributed by atoms with van der Waals surface area (Å²) in [6.45, 7) is 0. The van der Waals surface area contributed by atoms with Crippen LogP contribution in [0, 0.1) is 0 Å². The van der Waals surface area contributed by atoms with E-state index in [1.807, 2.05) is 0 Å². The first-order chi connectivity index (χ1) is 4.70. The van der Waals surface area contributed by atoms with Gasteiger partial charge in [-0.3, -0.25) is 4.79 Å². The number of rotatable bonds is 1. The van der Waals surface area contributed by atoms with Crippen molar-refractivity contribution in [1.29, 1.82) is 0 Å². The summed E-state index contributed by atoms with van der Waals surface area (Å²) in [7, 11) is 0. The van der Waals surface area contributed by atoms with Crippen LogP contribution in [0.3, 0.4) is 0 Å². The first kappa shape index (κ1) is 7.25. The van der Waals surface area contributed by atoms with Gasteiger partial charge in [0.1, 0.15) is 5.69 Å². The Morgan fingerprint density at radius 2 is 1.80 bits per heavy atom. The van der Waals surface area contributed by atoms with Crippen LogP contribution in [0.1, 0.15) is 10.4 Å². The van der Waals surface area contributed by atoms with E-state index >= 15 is 0 Å². The van der Waals surface area contributed by atoms with Gasteiger partial charge in [0.15, 0.2) is 0 Å². The van der Waals surface area contributed by atoms with Gasteiger partial charge in [0, 0.05) is 5.56 Å². The van der Waals surface area contributed by atoms with Gasteiger partial charge in [-0.25, -0.2) is 0 Å². The molecule has 0 radical (unpaired) electrons. The fourth-order valence-corrected chi connectivity index (χ4v) is 0.762. The Bertz CT molecular complexity index is 242. The van der Waals surface area contributed by atoms with Crippen LogP contribution in [0.15, 0.2) is 24.3 Å². The van der Waals surface area contributed by atoms with Gasteiger partial charge in [-0.05, 0) is 35.9 Å². The summed E-state index contributed by atoms with van der Waals surface area (Å²) >= 11 is 5.20. The maximum absolute atomic E-state index is 10.5. The quantitative estimate of drug-likeness (QED) is 0.605. The summed E-state index contributed by atoms with van der Waals surface area (Å²) in [5.74, 6) is 0. The molecule has 0 amide bonds. The van der Waals surface area contributed by atoms with E-state index < -0.39 is 5.24 Å². The number of carbonyl (C=O) groups is 1. The zero-order chi connectivity index (χ0) is 7.56. The van der Waals surface area contributed by atoms with Gasteiger partial charge in [-0.1, -0.05) is 0 Å². The molecule has 3 N–H and O–H groups in total. The van der Waals surface area contributed by atoms with Crippen molar-refractivity contribution in [3.05, 3.63) is 29.8 Å². The van der Waals surface area contributed by atoms with E-state index in [4.69, 9.17) is 11.6 Å². The highest BCUT2D eigenvalue weighted by Gasteiger charge is 1.99. The van der Waals surface area contributed by atoms with Crippen molar-refractivity contribution in [3.8, 4) is 0 Å². The smallest absolute Gasteiger partial charge is 0.252 e. The van der Waals surface area contributed by atoms with Crippen molar-refractivity contribution in [2.45, 2.75) is 0 Å². The van der Waals surface area contributed by atoms with E-state index in [9.17, 15) is 4.79 Å². The van der Waals surface area contributed by atoms with Crippen LogP contribution in [0.4, 0.5) is 5.69 Å². The maximum atomic E-state index is 10.5. The Labute approximate surface area is 63.6 Å². The van der Waals surface area contributed by atoms with Crippen LogP contribution in [0.5, 0.6) is 0 Å². The molecule has 0 aliphatic carbocycles. The monoisotopic (exact) mass is 156 g/mol. The molecule has 0 aliphatic rings. The summed E-state index contributed by atoms with van der Waals surface area (Å²) in [6.07, 6.45) is 0. The van der Waals surface area contributed by atoms with E-state index in [0.717, 1.165) is 5.69 Å². The van der Waals surface area contributed by atoms with Gasteiger partial charge in [-0.15, -0.1) is 0 Å². The number of quaternary nitrogens is 1. The van der Waals surface area contributed by atoms with E-state index in [1.54, 1.807) is 24.3 Å². The molecule has 0 saturated carbocycles. The van der Waals surface area contributed by atoms with E-state index in [1.165, 1.54) is 0 Å². The molecule has 0 aromatic heterocycles. The Morgan fingerprint density at radius 1 is 1.30 bits per heavy atom. The second-order valence-electron chi connectivity index (χ2n) is 1.97. The molecular formula is C7H7ClNO+. The molecule has 0 unspecified atom stereocenters. The molecule has 0 fully saturated rings. The van der Waals surface area contributed by atoms with Gasteiger partial charge in [0.25, 0.3) is 5.24 Å². The summed E-state index contributed by atoms with van der Waals surface area (Å²) in [4.78, 5) is 10.5. The predicted octanol–water partition coefficient (Wildman–Crippen LogP) is 0.939. The zero-order valence-corrected chi connectivity index (χ0v) is 6.06. The standard InChI is InChI=1S/C7H6ClNO/c8-7(10)5-1-3-6(9)4-2-5/h1-4H,9H2/p+1. The fraction of sp³-hybridized carbons (Fsp3) is 0. The van der Waals surface area contributed by atoms with Gasteiger partial charge in [0.2, 0.25) is 0 Å². The maximum Gasteiger partial charge on any atom is 0.252 e. The van der Waals surface area contributed by atoms with Crippen LogP contribution >= 0.6 is 11.6 Å². The summed E-state index contributed by atoms with van der Waals surface area (Å²) in [6, 6.07) is 6.79. The molecule has 0 heterocycles. The summed E-state index contributed by atoms with van der Waals surface area (Å²) < 4.78 is 0. The normalized spacial score (nSPS) is 9.40.